The van der Waals surface area contributed by atoms with Gasteiger partial charge in [0.1, 0.15) is 17.7 Å². The van der Waals surface area contributed by atoms with Gasteiger partial charge in [0.15, 0.2) is 5.78 Å². The Kier molecular flexibility index (Phi) is 7.30. The van der Waals surface area contributed by atoms with Crippen molar-refractivity contribution >= 4 is 19.4 Å². The number of rotatable bonds is 9. The molecule has 0 radical (unpaired) electrons. The number of nitrogens with zero attached hydrogens (tertiary/aromatic N) is 1. The van der Waals surface area contributed by atoms with Gasteiger partial charge in [0.05, 0.1) is 6.04 Å². The minimum Gasteiger partial charge on any atom is -0.415 e. The number of alkyl halides is 1. The summed E-state index contributed by atoms with van der Waals surface area (Å²) in [5.74, 6) is -2.30. The van der Waals surface area contributed by atoms with Crippen LogP contribution in [0.2, 0.25) is 0 Å². The number of amides is 2. The molecule has 2 aromatic rings. The summed E-state index contributed by atoms with van der Waals surface area (Å²) in [6, 6.07) is 15.3. The van der Waals surface area contributed by atoms with Crippen LogP contribution in [0, 0.1) is 0 Å². The van der Waals surface area contributed by atoms with E-state index >= 15 is 4.39 Å². The van der Waals surface area contributed by atoms with Gasteiger partial charge < -0.3 is 25.4 Å². The van der Waals surface area contributed by atoms with Crippen molar-refractivity contribution in [2.24, 2.45) is 11.5 Å². The summed E-state index contributed by atoms with van der Waals surface area (Å²) in [5, 5.41) is 0. The van der Waals surface area contributed by atoms with Gasteiger partial charge in [-0.1, -0.05) is 36.4 Å². The van der Waals surface area contributed by atoms with E-state index in [0.717, 1.165) is 4.90 Å². The second-order valence-electron chi connectivity index (χ2n) is 7.21. The first-order valence-corrected chi connectivity index (χ1v) is 11.5. The van der Waals surface area contributed by atoms with Crippen LogP contribution >= 0.6 is 7.60 Å². The summed E-state index contributed by atoms with van der Waals surface area (Å²) >= 11 is 0. The van der Waals surface area contributed by atoms with E-state index in [9.17, 15) is 14.2 Å². The van der Waals surface area contributed by atoms with Crippen LogP contribution in [0.5, 0.6) is 11.5 Å². The Balaban J connectivity index is 1.92. The Labute approximate surface area is 179 Å². The van der Waals surface area contributed by atoms with Crippen LogP contribution in [-0.4, -0.2) is 41.3 Å². The number of carbonyl (C=O) groups is 2. The van der Waals surface area contributed by atoms with Crippen LogP contribution in [0.25, 0.3) is 0 Å². The van der Waals surface area contributed by atoms with Crippen LogP contribution in [-0.2, 0) is 14.2 Å². The Morgan fingerprint density at radius 3 is 2.06 bits per heavy atom. The van der Waals surface area contributed by atoms with E-state index in [-0.39, 0.29) is 37.3 Å². The number of carbonyl (C=O) groups excluding carboxylic acids is 2. The molecular formula is C21H25FN3O5P. The maximum atomic E-state index is 15.0. The molecule has 166 valence electrons. The zero-order valence-electron chi connectivity index (χ0n) is 16.8. The number of benzene rings is 2. The molecule has 3 atom stereocenters. The highest BCUT2D eigenvalue weighted by Gasteiger charge is 2.54. The first-order valence-electron chi connectivity index (χ1n) is 9.87. The normalized spacial score (nSPS) is 19.6. The Bertz CT molecular complexity index is 901. The molecule has 2 aromatic carbocycles. The van der Waals surface area contributed by atoms with Crippen molar-refractivity contribution < 1.29 is 27.6 Å². The lowest BCUT2D eigenvalue weighted by molar-refractivity contribution is -0.133. The Hall–Kier alpha value is -2.90. The first-order chi connectivity index (χ1) is 14.8. The van der Waals surface area contributed by atoms with E-state index < -0.39 is 37.4 Å². The minimum absolute atomic E-state index is 0.00226. The molecule has 0 aromatic heterocycles. The largest absolute Gasteiger partial charge is 0.456 e. The molecule has 1 saturated heterocycles. The number of nitrogens with two attached hydrogens (primary N) is 2. The quantitative estimate of drug-likeness (QED) is 0.567. The predicted molar refractivity (Wildman–Crippen MR) is 113 cm³/mol. The molecule has 0 aliphatic carbocycles. The molecule has 10 heteroatoms. The lowest BCUT2D eigenvalue weighted by Gasteiger charge is -2.32. The molecule has 1 heterocycles. The van der Waals surface area contributed by atoms with Crippen LogP contribution in [0.3, 0.4) is 0 Å². The molecule has 1 aliphatic rings. The fraction of sp³-hybridized carbons (Fsp3) is 0.333. The van der Waals surface area contributed by atoms with E-state index in [2.05, 4.69) is 0 Å². The highest BCUT2D eigenvalue weighted by molar-refractivity contribution is 7.55. The number of primary amides is 1. The third-order valence-corrected chi connectivity index (χ3v) is 7.05. The minimum atomic E-state index is -4.27. The molecule has 1 fully saturated rings. The highest BCUT2D eigenvalue weighted by atomic mass is 31.2. The van der Waals surface area contributed by atoms with Gasteiger partial charge in [-0.15, -0.1) is 0 Å². The molecule has 0 saturated carbocycles. The number of hydrogen-bond acceptors (Lipinski definition) is 6. The second-order valence-corrected chi connectivity index (χ2v) is 9.18. The van der Waals surface area contributed by atoms with Crippen molar-refractivity contribution in [2.45, 2.75) is 37.3 Å². The molecule has 1 aliphatic heterocycles. The molecule has 3 rings (SSSR count). The average Bonchev–Trinajstić information content (AvgIpc) is 3.15. The first kappa shape index (κ1) is 22.8. The molecule has 4 N–H and O–H groups in total. The molecular weight excluding hydrogens is 424 g/mol. The Morgan fingerprint density at radius 1 is 1.06 bits per heavy atom. The average molecular weight is 449 g/mol. The molecule has 2 amide bonds. The van der Waals surface area contributed by atoms with E-state index in [0.29, 0.717) is 0 Å². The van der Waals surface area contributed by atoms with Gasteiger partial charge in [0.2, 0.25) is 11.8 Å². The number of likely N-dealkylation sites (tertiary alicyclic amines) is 1. The van der Waals surface area contributed by atoms with E-state index in [1.807, 2.05) is 0 Å². The lowest BCUT2D eigenvalue weighted by Crippen LogP contribution is -2.48. The van der Waals surface area contributed by atoms with Crippen molar-refractivity contribution in [1.29, 1.82) is 0 Å². The van der Waals surface area contributed by atoms with E-state index in [4.69, 9.17) is 20.5 Å². The molecule has 0 unspecified atom stereocenters. The van der Waals surface area contributed by atoms with Crippen molar-refractivity contribution in [3.8, 4) is 11.5 Å². The van der Waals surface area contributed by atoms with Crippen LogP contribution in [0.1, 0.15) is 19.3 Å². The summed E-state index contributed by atoms with van der Waals surface area (Å²) in [4.78, 5) is 25.0. The van der Waals surface area contributed by atoms with Gasteiger partial charge in [-0.05, 0) is 37.1 Å². The van der Waals surface area contributed by atoms with Crippen molar-refractivity contribution in [2.75, 3.05) is 6.54 Å². The van der Waals surface area contributed by atoms with Crippen molar-refractivity contribution in [3.63, 3.8) is 0 Å². The maximum absolute atomic E-state index is 15.0. The predicted octanol–water partition coefficient (Wildman–Crippen LogP) is 2.83. The summed E-state index contributed by atoms with van der Waals surface area (Å²) in [6.45, 7) is -0.00473. The van der Waals surface area contributed by atoms with Crippen molar-refractivity contribution in [1.82, 2.24) is 4.90 Å². The van der Waals surface area contributed by atoms with Crippen LogP contribution < -0.4 is 20.5 Å². The summed E-state index contributed by atoms with van der Waals surface area (Å²) in [7, 11) is -4.27. The second kappa shape index (κ2) is 9.94. The highest BCUT2D eigenvalue weighted by Crippen LogP contribution is 2.57. The number of hydrogen-bond donors (Lipinski definition) is 2. The smallest absolute Gasteiger partial charge is 0.415 e. The van der Waals surface area contributed by atoms with Gasteiger partial charge in [0.25, 0.3) is 0 Å². The number of halogens is 1. The van der Waals surface area contributed by atoms with Crippen LogP contribution in [0.15, 0.2) is 60.7 Å². The van der Waals surface area contributed by atoms with E-state index in [1.54, 1.807) is 60.7 Å². The fourth-order valence-corrected chi connectivity index (χ4v) is 5.57. The summed E-state index contributed by atoms with van der Waals surface area (Å²) in [5.41, 5.74) is 11.0. The van der Waals surface area contributed by atoms with Gasteiger partial charge in [0, 0.05) is 13.0 Å². The van der Waals surface area contributed by atoms with E-state index in [1.165, 1.54) is 0 Å². The summed E-state index contributed by atoms with van der Waals surface area (Å²) in [6.07, 6.45) is -1.79. The fourth-order valence-electron chi connectivity index (χ4n) is 3.37. The lowest BCUT2D eigenvalue weighted by atomic mass is 10.1. The third kappa shape index (κ3) is 5.62. The third-order valence-electron chi connectivity index (χ3n) is 4.87. The molecule has 31 heavy (non-hydrogen) atoms. The molecule has 8 nitrogen and oxygen atoms in total. The zero-order valence-corrected chi connectivity index (χ0v) is 17.7. The van der Waals surface area contributed by atoms with Gasteiger partial charge >= 0.3 is 7.60 Å². The molecule has 0 bridgehead atoms. The Morgan fingerprint density at radius 2 is 1.58 bits per heavy atom. The SMILES string of the molecule is NC(=O)CC[C@H](N)C(=O)N1CC[C@@H](F)[C@@H]1P(=O)(Oc1ccccc1)Oc1ccccc1. The monoisotopic (exact) mass is 449 g/mol. The van der Waals surface area contributed by atoms with Gasteiger partial charge in [-0.25, -0.2) is 8.96 Å². The topological polar surface area (TPSA) is 125 Å². The summed E-state index contributed by atoms with van der Waals surface area (Å²) < 4.78 is 40.4. The standard InChI is InChI=1S/C21H25FN3O5P/c22-17-13-14-25(20(27)18(23)11-12-19(24)26)21(17)31(28,29-15-7-3-1-4-8-15)30-16-9-5-2-6-10-16/h1-10,17-18,21H,11-14,23H2,(H2,24,26)/t17-,18+,21+/m1/s1. The zero-order chi connectivity index (χ0) is 22.4. The van der Waals surface area contributed by atoms with Gasteiger partial charge in [-0.3, -0.25) is 9.59 Å². The van der Waals surface area contributed by atoms with Crippen molar-refractivity contribution in [3.05, 3.63) is 60.7 Å². The number of para-hydroxylation sites is 2. The van der Waals surface area contributed by atoms with Gasteiger partial charge in [-0.2, -0.15) is 0 Å². The maximum Gasteiger partial charge on any atom is 0.456 e. The molecule has 0 spiro atoms. The van der Waals surface area contributed by atoms with Crippen LogP contribution in [0.4, 0.5) is 4.39 Å².